The molecule has 1 atom stereocenters. The standard InChI is InChI=1S/C70H62N2O2.Pt/c1-41-30-64(71-39-44(41)4)53-32-59(47-16-12-11-13-17-47)46(6)66(33-53)73-54-34-62-61-31-51-21-20-48-18-14-15-19-57(48)60(51)37-67(61)74-68(62)63(35-54)65-36-58(45(5)40-72-65)56-25-23-50(29-43(56)3)55-24-22-49(28-42(55)2)52-26-27-69(7,8)70(9,10)38-52;/h11-25,28-32,34,36-37,39-40,52H,26-27,38H2,1-10H3;/q-2;+2/i1D3,4D3,6D3,52D;. The molecule has 75 heavy (non-hydrogen) atoms. The van der Waals surface area contributed by atoms with Gasteiger partial charge in [0.05, 0.1) is 5.58 Å². The van der Waals surface area contributed by atoms with E-state index in [0.717, 1.165) is 96.9 Å². The molecule has 8 aromatic carbocycles. The summed E-state index contributed by atoms with van der Waals surface area (Å²) in [6.07, 6.45) is 5.49. The summed E-state index contributed by atoms with van der Waals surface area (Å²) in [4.78, 5) is 9.49. The van der Waals surface area contributed by atoms with Crippen LogP contribution in [0, 0.1) is 64.3 Å². The summed E-state index contributed by atoms with van der Waals surface area (Å²) in [5.41, 5.74) is 10.5. The smallest absolute Gasteiger partial charge is 0.501 e. The van der Waals surface area contributed by atoms with Crippen molar-refractivity contribution < 1.29 is 43.9 Å². The van der Waals surface area contributed by atoms with Crippen molar-refractivity contribution >= 4 is 43.5 Å². The number of pyridine rings is 2. The Kier molecular flexibility index (Phi) is 10.1. The molecule has 5 heteroatoms. The normalized spacial score (nSPS) is 18.6. The summed E-state index contributed by atoms with van der Waals surface area (Å²) >= 11 is 0. The third kappa shape index (κ3) is 8.99. The van der Waals surface area contributed by atoms with Gasteiger partial charge in [0.15, 0.2) is 0 Å². The Bertz CT molecular complexity index is 4470. The molecule has 4 nitrogen and oxygen atoms in total. The van der Waals surface area contributed by atoms with Gasteiger partial charge in [0, 0.05) is 43.0 Å². The number of aromatic nitrogens is 2. The molecule has 0 radical (unpaired) electrons. The first-order valence-corrected chi connectivity index (χ1v) is 25.4. The van der Waals surface area contributed by atoms with Gasteiger partial charge in [-0.1, -0.05) is 196 Å². The van der Waals surface area contributed by atoms with Crippen LogP contribution in [0.25, 0.3) is 99.4 Å². The van der Waals surface area contributed by atoms with Gasteiger partial charge < -0.3 is 19.1 Å². The Morgan fingerprint density at radius 2 is 1.35 bits per heavy atom. The predicted octanol–water partition coefficient (Wildman–Crippen LogP) is 19.6. The second-order valence-electron chi connectivity index (χ2n) is 21.6. The van der Waals surface area contributed by atoms with Crippen LogP contribution in [0.5, 0.6) is 11.5 Å². The Hall–Kier alpha value is -7.13. The number of hydrogen-bond acceptors (Lipinski definition) is 4. The van der Waals surface area contributed by atoms with Crippen molar-refractivity contribution in [1.29, 1.82) is 0 Å². The minimum Gasteiger partial charge on any atom is -0.501 e. The largest absolute Gasteiger partial charge is 2.00 e. The van der Waals surface area contributed by atoms with Crippen molar-refractivity contribution in [1.82, 2.24) is 9.97 Å². The third-order valence-electron chi connectivity index (χ3n) is 16.2. The molecule has 1 saturated carbocycles. The van der Waals surface area contributed by atoms with Crippen LogP contribution in [0.4, 0.5) is 0 Å². The van der Waals surface area contributed by atoms with Crippen molar-refractivity contribution in [3.63, 3.8) is 0 Å². The van der Waals surface area contributed by atoms with Crippen LogP contribution in [0.2, 0.25) is 0 Å². The summed E-state index contributed by atoms with van der Waals surface area (Å²) in [6.45, 7) is 7.15. The van der Waals surface area contributed by atoms with Crippen molar-refractivity contribution in [2.75, 3.05) is 0 Å². The summed E-state index contributed by atoms with van der Waals surface area (Å²) in [7, 11) is 0. The molecule has 1 aliphatic carbocycles. The zero-order chi connectivity index (χ0) is 59.6. The summed E-state index contributed by atoms with van der Waals surface area (Å²) in [5, 5.41) is 5.56. The monoisotopic (exact) mass is 1170 g/mol. The fourth-order valence-electron chi connectivity index (χ4n) is 11.1. The van der Waals surface area contributed by atoms with E-state index in [2.05, 4.69) is 125 Å². The Morgan fingerprint density at radius 1 is 0.587 bits per heavy atom. The second-order valence-corrected chi connectivity index (χ2v) is 21.6. The molecular weight excluding hydrogens is 1100 g/mol. The number of fused-ring (bicyclic) bond motifs is 6. The number of furan rings is 1. The maximum absolute atomic E-state index is 9.69. The maximum Gasteiger partial charge on any atom is 2.00 e. The van der Waals surface area contributed by atoms with Crippen LogP contribution in [0.15, 0.2) is 156 Å². The Labute approximate surface area is 470 Å². The zero-order valence-corrected chi connectivity index (χ0v) is 45.4. The van der Waals surface area contributed by atoms with E-state index in [1.165, 1.54) is 6.07 Å². The molecule has 1 unspecified atom stereocenters. The van der Waals surface area contributed by atoms with Gasteiger partial charge in [-0.3, -0.25) is 0 Å². The van der Waals surface area contributed by atoms with E-state index in [9.17, 15) is 1.37 Å². The van der Waals surface area contributed by atoms with E-state index in [1.54, 1.807) is 36.4 Å². The third-order valence-corrected chi connectivity index (χ3v) is 16.2. The molecular formula is C70H62N2O2Pt. The average molecular weight is 1170 g/mol. The first-order chi connectivity index (χ1) is 39.6. The fourth-order valence-corrected chi connectivity index (χ4v) is 11.1. The molecule has 0 N–H and O–H groups in total. The fraction of sp³-hybridized carbons (Fsp3) is 0.229. The van der Waals surface area contributed by atoms with E-state index >= 15 is 0 Å². The van der Waals surface area contributed by atoms with E-state index < -0.39 is 37.6 Å². The summed E-state index contributed by atoms with van der Waals surface area (Å²) in [5.74, 6) is -0.738. The Balaban J connectivity index is 0.00000752. The van der Waals surface area contributed by atoms with Crippen LogP contribution in [0.1, 0.15) is 106 Å². The van der Waals surface area contributed by atoms with Gasteiger partial charge in [0.1, 0.15) is 5.58 Å². The number of hydrogen-bond donors (Lipinski definition) is 0. The van der Waals surface area contributed by atoms with E-state index in [1.807, 2.05) is 43.5 Å². The Morgan fingerprint density at radius 3 is 2.13 bits per heavy atom. The molecule has 0 aliphatic heterocycles. The zero-order valence-electron chi connectivity index (χ0n) is 53.1. The SMILES string of the molecule is [2H]C([2H])([2H])c1cnc(-c2[c-]c(Oc3[c-]c(-c4cc(-c5ccc(-c6ccc(C7([2H])CCC(C)(C)C(C)(C)C7)cc6C)cc5C)c(C)cn4)c4oc5cc6c(ccc7ccccc76)cc5c4c3)c(C([2H])([2H])[2H])c(-c3ccccc3)c2)cc1C([2H])([2H])[2H].[Pt+2]. The van der Waals surface area contributed by atoms with Crippen molar-refractivity contribution in [2.24, 2.45) is 10.8 Å². The van der Waals surface area contributed by atoms with Crippen LogP contribution in [-0.4, -0.2) is 9.97 Å². The number of aryl methyl sites for hydroxylation is 5. The molecule has 3 aromatic heterocycles. The molecule has 11 aromatic rings. The first kappa shape index (κ1) is 39.3. The van der Waals surface area contributed by atoms with Crippen molar-refractivity contribution in [3.8, 4) is 67.4 Å². The van der Waals surface area contributed by atoms with Crippen molar-refractivity contribution in [2.45, 2.75) is 94.2 Å². The van der Waals surface area contributed by atoms with Gasteiger partial charge in [-0.2, -0.15) is 0 Å². The second kappa shape index (κ2) is 19.2. The van der Waals surface area contributed by atoms with Gasteiger partial charge in [-0.25, -0.2) is 0 Å². The number of nitrogens with zero attached hydrogens (tertiary/aromatic N) is 2. The van der Waals surface area contributed by atoms with Gasteiger partial charge >= 0.3 is 21.1 Å². The molecule has 374 valence electrons. The number of benzene rings is 8. The summed E-state index contributed by atoms with van der Waals surface area (Å²) < 4.78 is 99.9. The van der Waals surface area contributed by atoms with Crippen LogP contribution in [-0.2, 0) is 21.1 Å². The van der Waals surface area contributed by atoms with Crippen molar-refractivity contribution in [3.05, 3.63) is 203 Å². The van der Waals surface area contributed by atoms with Crippen LogP contribution in [0.3, 0.4) is 0 Å². The quantitative estimate of drug-likeness (QED) is 0.112. The molecule has 1 aliphatic rings. The van der Waals surface area contributed by atoms with Crippen LogP contribution >= 0.6 is 0 Å². The maximum atomic E-state index is 9.69. The molecule has 3 heterocycles. The predicted molar refractivity (Wildman–Crippen MR) is 308 cm³/mol. The van der Waals surface area contributed by atoms with E-state index in [0.29, 0.717) is 33.4 Å². The first-order valence-electron chi connectivity index (χ1n) is 30.4. The molecule has 12 rings (SSSR count). The van der Waals surface area contributed by atoms with Gasteiger partial charge in [-0.15, -0.1) is 11.6 Å². The number of rotatable bonds is 8. The minimum absolute atomic E-state index is 0. The topological polar surface area (TPSA) is 48.2 Å². The number of ether oxygens (including phenoxy) is 1. The van der Waals surface area contributed by atoms with Gasteiger partial charge in [0.25, 0.3) is 0 Å². The van der Waals surface area contributed by atoms with Gasteiger partial charge in [0.2, 0.25) is 0 Å². The van der Waals surface area contributed by atoms with Gasteiger partial charge in [-0.05, 0) is 171 Å². The molecule has 0 amide bonds. The minimum atomic E-state index is -2.83. The summed E-state index contributed by atoms with van der Waals surface area (Å²) in [6, 6.07) is 51.6. The molecule has 0 spiro atoms. The molecule has 0 bridgehead atoms. The average Bonchev–Trinajstić information content (AvgIpc) is 1.85. The van der Waals surface area contributed by atoms with Crippen LogP contribution < -0.4 is 4.74 Å². The van der Waals surface area contributed by atoms with E-state index in [4.69, 9.17) is 26.5 Å². The van der Waals surface area contributed by atoms with E-state index in [-0.39, 0.29) is 65.8 Å². The molecule has 1 fully saturated rings. The molecule has 0 saturated heterocycles.